The molecule has 9 fully saturated rings. The third-order valence-corrected chi connectivity index (χ3v) is 25.0. The summed E-state index contributed by atoms with van der Waals surface area (Å²) in [5.41, 5.74) is -2.73. The van der Waals surface area contributed by atoms with Crippen molar-refractivity contribution < 1.29 is 169 Å². The number of hydrogen-bond acceptors (Lipinski definition) is 34. The smallest absolute Gasteiger partial charge is 0.187 e. The number of aliphatic hydroxyl groups excluding tert-OH is 21. The second-order valence-electron chi connectivity index (χ2n) is 31.6. The zero-order chi connectivity index (χ0) is 73.5. The van der Waals surface area contributed by atoms with Gasteiger partial charge >= 0.3 is 0 Å². The molecule has 34 heteroatoms. The molecule has 3 saturated carbocycles. The predicted octanol–water partition coefficient (Wildman–Crippen LogP) is -7.58. The Morgan fingerprint density at radius 3 is 1.30 bits per heavy atom. The molecule has 0 amide bonds. The van der Waals surface area contributed by atoms with E-state index in [1.54, 1.807) is 0 Å². The van der Waals surface area contributed by atoms with Gasteiger partial charge in [0, 0.05) is 10.8 Å². The van der Waals surface area contributed by atoms with Gasteiger partial charge in [-0.25, -0.2) is 0 Å². The van der Waals surface area contributed by atoms with E-state index in [9.17, 15) is 112 Å². The van der Waals surface area contributed by atoms with E-state index in [0.29, 0.717) is 32.1 Å². The molecule has 4 aliphatic carbocycles. The van der Waals surface area contributed by atoms with Gasteiger partial charge in [-0.05, 0) is 99.7 Å². The number of hydrogen-bond donors (Lipinski definition) is 22. The van der Waals surface area contributed by atoms with Crippen LogP contribution >= 0.6 is 0 Å². The molecule has 100 heavy (non-hydrogen) atoms. The molecular formula is C66H112O34. The lowest BCUT2D eigenvalue weighted by atomic mass is 9.38. The van der Waals surface area contributed by atoms with Crippen LogP contribution in [-0.2, 0) is 56.8 Å². The minimum atomic E-state index is -1.97. The van der Waals surface area contributed by atoms with Crippen molar-refractivity contribution in [2.24, 2.45) is 45.3 Å². The SMILES string of the molecule is C[C@H](CC[C@@H](OC1OC(COC2OC(CO)C(O)C(O)C2O)C(O)C(O)C1OC1OC(CO)C(O)C(O)C1O)C(C)(C)O)C1CC[C@@]2(C)C3CC=C4C(CC[C@H](OC5OC(COC6OC(COC7OC(CO)C(O)C(O)C7O)C(O)C(O)C6O)C(O)C(O)C5O)C4(C)C)[C@]3(C)[C@H](O)C[C@]12C. The molecule has 6 heterocycles. The van der Waals surface area contributed by atoms with E-state index in [1.165, 1.54) is 13.8 Å². The minimum Gasteiger partial charge on any atom is -0.394 e. The van der Waals surface area contributed by atoms with E-state index < -0.39 is 264 Å². The van der Waals surface area contributed by atoms with E-state index in [4.69, 9.17) is 56.8 Å². The van der Waals surface area contributed by atoms with Crippen LogP contribution < -0.4 is 0 Å². The fraction of sp³-hybridized carbons (Fsp3) is 0.970. The predicted molar refractivity (Wildman–Crippen MR) is 333 cm³/mol. The summed E-state index contributed by atoms with van der Waals surface area (Å²) < 4.78 is 70.8. The first kappa shape index (κ1) is 80.9. The van der Waals surface area contributed by atoms with E-state index >= 15 is 0 Å². The van der Waals surface area contributed by atoms with E-state index in [0.717, 1.165) is 18.4 Å². The van der Waals surface area contributed by atoms with Gasteiger partial charge in [-0.15, -0.1) is 0 Å². The van der Waals surface area contributed by atoms with Gasteiger partial charge in [-0.1, -0.05) is 53.2 Å². The van der Waals surface area contributed by atoms with Crippen molar-refractivity contribution in [3.8, 4) is 0 Å². The summed E-state index contributed by atoms with van der Waals surface area (Å²) in [4.78, 5) is 0. The standard InChI is InChI=1S/C66H112O34/c1-24(9-13-37(63(4,5)88)99-61-55(100-60-54(87)46(79)40(73)30(20-69)94-60)49(82)43(76)33(97-61)23-90-57-51(84)45(78)39(72)29(19-68)93-57)25-15-16-64(6)34-12-10-26-27(66(34,8)35(70)17-65(25,64)7)11-14-36(62(26,2)3)98-59-53(86)48(81)42(75)32(96-59)22-91-58-52(85)47(80)41(74)31(95-58)21-89-56-50(83)44(77)38(71)28(18-67)92-56/h10,24-25,27-61,67-88H,9,11-23H2,1-8H3/t24-,25?,27?,28?,29?,30?,31?,32?,33?,34?,35-,36+,37-,38?,39?,40?,41?,42?,43?,44?,45?,46?,47?,48?,49?,50?,51?,52?,53?,54?,55?,56?,57?,58?,59?,60?,61?,64+,65-,66+/m1/s1. The third kappa shape index (κ3) is 14.9. The molecule has 34 nitrogen and oxygen atoms in total. The second-order valence-corrected chi connectivity index (χ2v) is 31.6. The van der Waals surface area contributed by atoms with Crippen LogP contribution in [0.25, 0.3) is 0 Å². The fourth-order valence-corrected chi connectivity index (χ4v) is 18.4. The summed E-state index contributed by atoms with van der Waals surface area (Å²) in [7, 11) is 0. The van der Waals surface area contributed by atoms with Gasteiger partial charge in [0.25, 0.3) is 0 Å². The highest BCUT2D eigenvalue weighted by atomic mass is 16.8. The summed E-state index contributed by atoms with van der Waals surface area (Å²) in [5, 5.41) is 238. The molecule has 0 bridgehead atoms. The Morgan fingerprint density at radius 1 is 0.460 bits per heavy atom. The normalized spacial score (nSPS) is 52.1. The largest absolute Gasteiger partial charge is 0.394 e. The molecule has 6 saturated heterocycles. The zero-order valence-electron chi connectivity index (χ0n) is 57.6. The van der Waals surface area contributed by atoms with Crippen molar-refractivity contribution in [1.82, 2.24) is 0 Å². The van der Waals surface area contributed by atoms with Crippen LogP contribution in [0, 0.1) is 45.3 Å². The first-order chi connectivity index (χ1) is 46.8. The molecule has 10 rings (SSSR count). The lowest BCUT2D eigenvalue weighted by Crippen LogP contribution is -2.65. The molecule has 40 atom stereocenters. The Hall–Kier alpha value is -1.62. The molecule has 580 valence electrons. The van der Waals surface area contributed by atoms with Crippen molar-refractivity contribution in [2.75, 3.05) is 39.6 Å². The lowest BCUT2D eigenvalue weighted by molar-refractivity contribution is -0.380. The molecule has 10 aliphatic rings. The highest BCUT2D eigenvalue weighted by Crippen LogP contribution is 2.75. The van der Waals surface area contributed by atoms with Crippen molar-refractivity contribution in [1.29, 1.82) is 0 Å². The summed E-state index contributed by atoms with van der Waals surface area (Å²) in [6, 6.07) is 0. The zero-order valence-corrected chi connectivity index (χ0v) is 57.6. The van der Waals surface area contributed by atoms with Crippen LogP contribution in [0.1, 0.15) is 107 Å². The van der Waals surface area contributed by atoms with Gasteiger partial charge in [0.1, 0.15) is 146 Å². The maximum Gasteiger partial charge on any atom is 0.187 e. The third-order valence-electron chi connectivity index (χ3n) is 25.0. The van der Waals surface area contributed by atoms with E-state index in [-0.39, 0.29) is 35.5 Å². The first-order valence-electron chi connectivity index (χ1n) is 35.1. The van der Waals surface area contributed by atoms with Crippen molar-refractivity contribution in [2.45, 2.75) is 315 Å². The molecule has 33 unspecified atom stereocenters. The molecule has 0 aromatic carbocycles. The average Bonchev–Trinajstić information content (AvgIpc) is 1.02. The van der Waals surface area contributed by atoms with Gasteiger partial charge in [0.15, 0.2) is 37.7 Å². The Bertz CT molecular complexity index is 2670. The van der Waals surface area contributed by atoms with Gasteiger partial charge in [0.2, 0.25) is 0 Å². The average molecular weight is 1450 g/mol. The molecule has 22 N–H and O–H groups in total. The van der Waals surface area contributed by atoms with Crippen LogP contribution in [-0.4, -0.2) is 360 Å². The highest BCUT2D eigenvalue weighted by molar-refractivity contribution is 5.32. The van der Waals surface area contributed by atoms with Crippen LogP contribution in [0.2, 0.25) is 0 Å². The molecule has 6 aliphatic heterocycles. The maximum absolute atomic E-state index is 12.9. The second kappa shape index (κ2) is 31.5. The quantitative estimate of drug-likeness (QED) is 0.0423. The van der Waals surface area contributed by atoms with Crippen molar-refractivity contribution >= 4 is 0 Å². The summed E-state index contributed by atoms with van der Waals surface area (Å²) in [6.45, 7) is 11.6. The van der Waals surface area contributed by atoms with Gasteiger partial charge in [-0.3, -0.25) is 0 Å². The number of aliphatic hydroxyl groups is 22. The number of rotatable bonds is 23. The number of fused-ring (bicyclic) bond motifs is 5. The summed E-state index contributed by atoms with van der Waals surface area (Å²) >= 11 is 0. The van der Waals surface area contributed by atoms with E-state index in [2.05, 4.69) is 33.8 Å². The Labute approximate surface area is 579 Å². The molecule has 0 aromatic heterocycles. The molecule has 0 spiro atoms. The van der Waals surface area contributed by atoms with Crippen LogP contribution in [0.15, 0.2) is 11.6 Å². The lowest BCUT2D eigenvalue weighted by Gasteiger charge is -2.67. The summed E-state index contributed by atoms with van der Waals surface area (Å²) in [5.74, 6) is -0.162. The Kier molecular flexibility index (Phi) is 25.5. The molecular weight excluding hydrogens is 1340 g/mol. The minimum absolute atomic E-state index is 0.00824. The van der Waals surface area contributed by atoms with Gasteiger partial charge < -0.3 is 169 Å². The first-order valence-corrected chi connectivity index (χ1v) is 35.1. The van der Waals surface area contributed by atoms with Crippen molar-refractivity contribution in [3.63, 3.8) is 0 Å². The van der Waals surface area contributed by atoms with Gasteiger partial charge in [-0.2, -0.15) is 0 Å². The van der Waals surface area contributed by atoms with Crippen LogP contribution in [0.5, 0.6) is 0 Å². The monoisotopic (exact) mass is 1450 g/mol. The van der Waals surface area contributed by atoms with Crippen LogP contribution in [0.4, 0.5) is 0 Å². The fourth-order valence-electron chi connectivity index (χ4n) is 18.4. The maximum atomic E-state index is 12.9. The van der Waals surface area contributed by atoms with E-state index in [1.807, 2.05) is 13.8 Å². The highest BCUT2D eigenvalue weighted by Gasteiger charge is 2.71. The topological polar surface area (TPSA) is 556 Å². The molecule has 0 aromatic rings. The van der Waals surface area contributed by atoms with Crippen molar-refractivity contribution in [3.05, 3.63) is 11.6 Å². The number of allylic oxidation sites excluding steroid dienone is 1. The molecule has 0 radical (unpaired) electrons. The number of ether oxygens (including phenoxy) is 12. The van der Waals surface area contributed by atoms with Crippen LogP contribution in [0.3, 0.4) is 0 Å². The summed E-state index contributed by atoms with van der Waals surface area (Å²) in [6.07, 6.45) is -47.6. The Morgan fingerprint density at radius 2 is 0.850 bits per heavy atom. The Balaban J connectivity index is 0.794. The van der Waals surface area contributed by atoms with Gasteiger partial charge in [0.05, 0.1) is 63.6 Å².